The van der Waals surface area contributed by atoms with Gasteiger partial charge in [-0.1, -0.05) is 6.92 Å². The van der Waals surface area contributed by atoms with Crippen molar-refractivity contribution < 1.29 is 5.11 Å². The van der Waals surface area contributed by atoms with Crippen LogP contribution in [0.25, 0.3) is 0 Å². The van der Waals surface area contributed by atoms with Crippen molar-refractivity contribution in [2.24, 2.45) is 7.05 Å². The normalized spacial score (nSPS) is 10.5. The van der Waals surface area contributed by atoms with Crippen LogP contribution in [0.3, 0.4) is 0 Å². The van der Waals surface area contributed by atoms with Gasteiger partial charge in [-0.2, -0.15) is 5.10 Å². The lowest BCUT2D eigenvalue weighted by Crippen LogP contribution is -1.98. The fourth-order valence-electron chi connectivity index (χ4n) is 0.992. The standard InChI is InChI=1S/C7H11IN2O/c1-3-5-7(8)6(4-11)10(2)9-5/h11H,3-4H2,1-2H3. The summed E-state index contributed by atoms with van der Waals surface area (Å²) in [5.41, 5.74) is 1.97. The highest BCUT2D eigenvalue weighted by atomic mass is 127. The van der Waals surface area contributed by atoms with Crippen LogP contribution in [0.5, 0.6) is 0 Å². The van der Waals surface area contributed by atoms with E-state index in [-0.39, 0.29) is 6.61 Å². The van der Waals surface area contributed by atoms with Gasteiger partial charge in [0.25, 0.3) is 0 Å². The van der Waals surface area contributed by atoms with E-state index in [1.54, 1.807) is 4.68 Å². The van der Waals surface area contributed by atoms with Gasteiger partial charge >= 0.3 is 0 Å². The van der Waals surface area contributed by atoms with E-state index in [2.05, 4.69) is 34.6 Å². The maximum atomic E-state index is 8.94. The molecule has 3 nitrogen and oxygen atoms in total. The third-order valence-electron chi connectivity index (χ3n) is 1.65. The maximum absolute atomic E-state index is 8.94. The molecule has 0 fully saturated rings. The van der Waals surface area contributed by atoms with E-state index in [1.165, 1.54) is 0 Å². The second-order valence-corrected chi connectivity index (χ2v) is 3.42. The quantitative estimate of drug-likeness (QED) is 0.813. The molecule has 0 aliphatic heterocycles. The van der Waals surface area contributed by atoms with Gasteiger partial charge in [0, 0.05) is 7.05 Å². The molecule has 0 saturated carbocycles. The zero-order chi connectivity index (χ0) is 8.43. The lowest BCUT2D eigenvalue weighted by Gasteiger charge is -1.94. The van der Waals surface area contributed by atoms with E-state index in [0.717, 1.165) is 21.4 Å². The summed E-state index contributed by atoms with van der Waals surface area (Å²) in [6.45, 7) is 2.13. The summed E-state index contributed by atoms with van der Waals surface area (Å²) in [4.78, 5) is 0. The second kappa shape index (κ2) is 3.53. The van der Waals surface area contributed by atoms with E-state index >= 15 is 0 Å². The zero-order valence-corrected chi connectivity index (χ0v) is 8.79. The molecule has 0 aliphatic carbocycles. The minimum atomic E-state index is 0.0712. The van der Waals surface area contributed by atoms with Gasteiger partial charge < -0.3 is 5.11 Å². The molecule has 0 spiro atoms. The summed E-state index contributed by atoms with van der Waals surface area (Å²) in [5, 5.41) is 13.2. The molecule has 11 heavy (non-hydrogen) atoms. The molecule has 0 radical (unpaired) electrons. The average Bonchev–Trinajstić information content (AvgIpc) is 2.26. The van der Waals surface area contributed by atoms with E-state index in [4.69, 9.17) is 5.11 Å². The Morgan fingerprint density at radius 3 is 2.55 bits per heavy atom. The lowest BCUT2D eigenvalue weighted by atomic mass is 10.3. The van der Waals surface area contributed by atoms with Gasteiger partial charge in [0.15, 0.2) is 0 Å². The molecule has 0 unspecified atom stereocenters. The van der Waals surface area contributed by atoms with Crippen LogP contribution >= 0.6 is 22.6 Å². The van der Waals surface area contributed by atoms with Crippen molar-refractivity contribution in [2.45, 2.75) is 20.0 Å². The predicted octanol–water partition coefficient (Wildman–Crippen LogP) is 1.08. The lowest BCUT2D eigenvalue weighted by molar-refractivity contribution is 0.269. The van der Waals surface area contributed by atoms with E-state index in [0.29, 0.717) is 0 Å². The van der Waals surface area contributed by atoms with Crippen molar-refractivity contribution >= 4 is 22.6 Å². The Kier molecular flexibility index (Phi) is 2.89. The highest BCUT2D eigenvalue weighted by molar-refractivity contribution is 14.1. The minimum Gasteiger partial charge on any atom is -0.390 e. The summed E-state index contributed by atoms with van der Waals surface area (Å²) in [6, 6.07) is 0. The minimum absolute atomic E-state index is 0.0712. The Morgan fingerprint density at radius 2 is 2.27 bits per heavy atom. The SMILES string of the molecule is CCc1nn(C)c(CO)c1I. The molecule has 0 amide bonds. The summed E-state index contributed by atoms with van der Waals surface area (Å²) < 4.78 is 2.83. The summed E-state index contributed by atoms with van der Waals surface area (Å²) in [6.07, 6.45) is 0.923. The zero-order valence-electron chi connectivity index (χ0n) is 6.63. The molecule has 1 aromatic heterocycles. The molecule has 0 bridgehead atoms. The number of nitrogens with zero attached hydrogens (tertiary/aromatic N) is 2. The largest absolute Gasteiger partial charge is 0.390 e. The Bertz CT molecular complexity index is 257. The molecule has 0 saturated heterocycles. The summed E-state index contributed by atoms with van der Waals surface area (Å²) in [7, 11) is 1.85. The van der Waals surface area contributed by atoms with Gasteiger partial charge in [-0.3, -0.25) is 4.68 Å². The molecule has 0 aromatic carbocycles. The fourth-order valence-corrected chi connectivity index (χ4v) is 2.00. The van der Waals surface area contributed by atoms with Crippen molar-refractivity contribution in [1.29, 1.82) is 0 Å². The van der Waals surface area contributed by atoms with Gasteiger partial charge in [0.05, 0.1) is 21.6 Å². The first-order valence-electron chi connectivity index (χ1n) is 3.51. The molecular formula is C7H11IN2O. The van der Waals surface area contributed by atoms with Crippen LogP contribution in [0.2, 0.25) is 0 Å². The summed E-state index contributed by atoms with van der Waals surface area (Å²) >= 11 is 2.22. The van der Waals surface area contributed by atoms with Gasteiger partial charge in [-0.05, 0) is 29.0 Å². The molecule has 62 valence electrons. The highest BCUT2D eigenvalue weighted by Gasteiger charge is 2.10. The Hall–Kier alpha value is -0.100. The molecule has 1 heterocycles. The summed E-state index contributed by atoms with van der Waals surface area (Å²) in [5.74, 6) is 0. The number of aromatic nitrogens is 2. The van der Waals surface area contributed by atoms with Crippen molar-refractivity contribution in [2.75, 3.05) is 0 Å². The van der Waals surface area contributed by atoms with Crippen molar-refractivity contribution in [3.8, 4) is 0 Å². The number of rotatable bonds is 2. The topological polar surface area (TPSA) is 38.0 Å². The molecule has 1 N–H and O–H groups in total. The van der Waals surface area contributed by atoms with E-state index < -0.39 is 0 Å². The number of hydrogen-bond donors (Lipinski definition) is 1. The van der Waals surface area contributed by atoms with Crippen molar-refractivity contribution in [3.63, 3.8) is 0 Å². The van der Waals surface area contributed by atoms with Crippen LogP contribution in [0.1, 0.15) is 18.3 Å². The first-order valence-corrected chi connectivity index (χ1v) is 4.59. The van der Waals surface area contributed by atoms with Crippen LogP contribution in [0, 0.1) is 3.57 Å². The molecule has 4 heteroatoms. The number of aryl methyl sites for hydroxylation is 2. The van der Waals surface area contributed by atoms with Crippen LogP contribution in [-0.4, -0.2) is 14.9 Å². The number of halogens is 1. The molecule has 1 rings (SSSR count). The van der Waals surface area contributed by atoms with Crippen molar-refractivity contribution in [3.05, 3.63) is 15.0 Å². The van der Waals surface area contributed by atoms with E-state index in [1.807, 2.05) is 7.05 Å². The molecule has 1 aromatic rings. The molecular weight excluding hydrogens is 255 g/mol. The van der Waals surface area contributed by atoms with Crippen LogP contribution < -0.4 is 0 Å². The second-order valence-electron chi connectivity index (χ2n) is 2.34. The van der Waals surface area contributed by atoms with E-state index in [9.17, 15) is 0 Å². The van der Waals surface area contributed by atoms with Crippen molar-refractivity contribution in [1.82, 2.24) is 9.78 Å². The van der Waals surface area contributed by atoms with Crippen LogP contribution in [0.15, 0.2) is 0 Å². The molecule has 0 atom stereocenters. The third kappa shape index (κ3) is 1.56. The van der Waals surface area contributed by atoms with Crippen LogP contribution in [0.4, 0.5) is 0 Å². The smallest absolute Gasteiger partial charge is 0.0860 e. The average molecular weight is 266 g/mol. The highest BCUT2D eigenvalue weighted by Crippen LogP contribution is 2.16. The third-order valence-corrected chi connectivity index (χ3v) is 2.90. The first-order chi connectivity index (χ1) is 5.20. The fraction of sp³-hybridized carbons (Fsp3) is 0.571. The predicted molar refractivity (Wildman–Crippen MR) is 51.2 cm³/mol. The molecule has 0 aliphatic rings. The number of aliphatic hydroxyl groups excluding tert-OH is 1. The van der Waals surface area contributed by atoms with Gasteiger partial charge in [-0.25, -0.2) is 0 Å². The maximum Gasteiger partial charge on any atom is 0.0860 e. The first kappa shape index (κ1) is 8.99. The number of aliphatic hydroxyl groups is 1. The van der Waals surface area contributed by atoms with Crippen LogP contribution in [-0.2, 0) is 20.1 Å². The monoisotopic (exact) mass is 266 g/mol. The Labute approximate surface area is 79.6 Å². The number of hydrogen-bond acceptors (Lipinski definition) is 2. The van der Waals surface area contributed by atoms with Gasteiger partial charge in [0.2, 0.25) is 0 Å². The Morgan fingerprint density at radius 1 is 1.64 bits per heavy atom. The van der Waals surface area contributed by atoms with Gasteiger partial charge in [0.1, 0.15) is 0 Å². The van der Waals surface area contributed by atoms with Gasteiger partial charge in [-0.15, -0.1) is 0 Å². The Balaban J connectivity index is 3.14.